The SMILES string of the molecule is CC(SCC(=O)Nc1ccc(F)cc1)C(=O)N(C1CC1)C(C)C(=O)O. The van der Waals surface area contributed by atoms with Crippen LogP contribution in [0.2, 0.25) is 0 Å². The van der Waals surface area contributed by atoms with Gasteiger partial charge in [-0.3, -0.25) is 9.59 Å². The van der Waals surface area contributed by atoms with E-state index in [-0.39, 0.29) is 29.4 Å². The first kappa shape index (κ1) is 19.2. The van der Waals surface area contributed by atoms with Gasteiger partial charge in [0.1, 0.15) is 11.9 Å². The zero-order chi connectivity index (χ0) is 18.6. The minimum atomic E-state index is -1.04. The normalized spacial score (nSPS) is 16.0. The molecule has 0 saturated heterocycles. The first-order chi connectivity index (χ1) is 11.8. The van der Waals surface area contributed by atoms with Crippen LogP contribution in [-0.4, -0.2) is 50.9 Å². The molecule has 1 fully saturated rings. The summed E-state index contributed by atoms with van der Waals surface area (Å²) in [6, 6.07) is 4.50. The van der Waals surface area contributed by atoms with Crippen LogP contribution in [0, 0.1) is 5.82 Å². The lowest BCUT2D eigenvalue weighted by Gasteiger charge is -2.29. The Hall–Kier alpha value is -2.09. The third kappa shape index (κ3) is 5.45. The maximum absolute atomic E-state index is 12.8. The first-order valence-corrected chi connectivity index (χ1v) is 9.06. The average Bonchev–Trinajstić information content (AvgIpc) is 3.39. The Bertz CT molecular complexity index is 649. The van der Waals surface area contributed by atoms with Crippen LogP contribution < -0.4 is 5.32 Å². The molecule has 1 aliphatic rings. The number of carbonyl (C=O) groups is 3. The summed E-state index contributed by atoms with van der Waals surface area (Å²) in [6.45, 7) is 3.17. The Morgan fingerprint density at radius 2 is 1.88 bits per heavy atom. The van der Waals surface area contributed by atoms with Crippen molar-refractivity contribution in [2.75, 3.05) is 11.1 Å². The second-order valence-electron chi connectivity index (χ2n) is 6.00. The summed E-state index contributed by atoms with van der Waals surface area (Å²) in [6.07, 6.45) is 1.62. The van der Waals surface area contributed by atoms with Crippen LogP contribution in [0.1, 0.15) is 26.7 Å². The number of carboxylic acids is 1. The molecule has 0 spiro atoms. The fourth-order valence-corrected chi connectivity index (χ4v) is 3.11. The van der Waals surface area contributed by atoms with Gasteiger partial charge in [0, 0.05) is 11.7 Å². The smallest absolute Gasteiger partial charge is 0.326 e. The molecule has 0 heterocycles. The molecule has 0 radical (unpaired) electrons. The van der Waals surface area contributed by atoms with Gasteiger partial charge < -0.3 is 15.3 Å². The molecule has 2 rings (SSSR count). The van der Waals surface area contributed by atoms with E-state index in [1.807, 2.05) is 0 Å². The van der Waals surface area contributed by atoms with E-state index >= 15 is 0 Å². The highest BCUT2D eigenvalue weighted by Crippen LogP contribution is 2.31. The average molecular weight is 368 g/mol. The summed E-state index contributed by atoms with van der Waals surface area (Å²) in [5, 5.41) is 11.3. The first-order valence-electron chi connectivity index (χ1n) is 8.01. The standard InChI is InChI=1S/C17H21FN2O4S/c1-10(17(23)24)20(14-7-8-14)16(22)11(2)25-9-15(21)19-13-5-3-12(18)4-6-13/h3-6,10-11,14H,7-9H2,1-2H3,(H,19,21)(H,23,24). The van der Waals surface area contributed by atoms with Gasteiger partial charge in [-0.25, -0.2) is 9.18 Å². The van der Waals surface area contributed by atoms with Crippen LogP contribution in [0.4, 0.5) is 10.1 Å². The molecule has 1 aliphatic carbocycles. The number of rotatable bonds is 8. The number of hydrogen-bond acceptors (Lipinski definition) is 4. The van der Waals surface area contributed by atoms with Gasteiger partial charge in [-0.15, -0.1) is 11.8 Å². The fourth-order valence-electron chi connectivity index (χ4n) is 2.37. The van der Waals surface area contributed by atoms with Gasteiger partial charge in [-0.2, -0.15) is 0 Å². The maximum atomic E-state index is 12.8. The molecule has 1 aromatic rings. The van der Waals surface area contributed by atoms with E-state index in [2.05, 4.69) is 5.32 Å². The van der Waals surface area contributed by atoms with Crippen LogP contribution in [0.5, 0.6) is 0 Å². The molecule has 6 nitrogen and oxygen atoms in total. The van der Waals surface area contributed by atoms with Gasteiger partial charge in [-0.05, 0) is 51.0 Å². The quantitative estimate of drug-likeness (QED) is 0.736. The third-order valence-corrected chi connectivity index (χ3v) is 5.04. The molecule has 2 unspecified atom stereocenters. The maximum Gasteiger partial charge on any atom is 0.326 e. The fraction of sp³-hybridized carbons (Fsp3) is 0.471. The highest BCUT2D eigenvalue weighted by atomic mass is 32.2. The monoisotopic (exact) mass is 368 g/mol. The minimum Gasteiger partial charge on any atom is -0.480 e. The van der Waals surface area contributed by atoms with E-state index in [0.717, 1.165) is 24.6 Å². The van der Waals surface area contributed by atoms with Crippen molar-refractivity contribution in [2.45, 2.75) is 44.0 Å². The molecular weight excluding hydrogens is 347 g/mol. The molecule has 2 N–H and O–H groups in total. The number of benzene rings is 1. The van der Waals surface area contributed by atoms with Crippen LogP contribution in [0.15, 0.2) is 24.3 Å². The second-order valence-corrected chi connectivity index (χ2v) is 7.33. The number of aliphatic carboxylic acids is 1. The van der Waals surface area contributed by atoms with Crippen LogP contribution >= 0.6 is 11.8 Å². The zero-order valence-corrected chi connectivity index (χ0v) is 14.9. The molecule has 0 bridgehead atoms. The Kier molecular flexibility index (Phi) is 6.41. The van der Waals surface area contributed by atoms with Gasteiger partial charge in [0.15, 0.2) is 0 Å². The third-order valence-electron chi connectivity index (χ3n) is 3.91. The van der Waals surface area contributed by atoms with Gasteiger partial charge in [0.05, 0.1) is 11.0 Å². The summed E-state index contributed by atoms with van der Waals surface area (Å²) in [7, 11) is 0. The highest BCUT2D eigenvalue weighted by Gasteiger charge is 2.40. The van der Waals surface area contributed by atoms with Crippen LogP contribution in [-0.2, 0) is 14.4 Å². The van der Waals surface area contributed by atoms with Crippen molar-refractivity contribution in [1.29, 1.82) is 0 Å². The summed E-state index contributed by atoms with van der Waals surface area (Å²) in [5.41, 5.74) is 0.477. The molecule has 25 heavy (non-hydrogen) atoms. The lowest BCUT2D eigenvalue weighted by molar-refractivity contribution is -0.149. The van der Waals surface area contributed by atoms with Crippen molar-refractivity contribution < 1.29 is 23.9 Å². The van der Waals surface area contributed by atoms with Crippen LogP contribution in [0.25, 0.3) is 0 Å². The van der Waals surface area contributed by atoms with Crippen molar-refractivity contribution >= 4 is 35.2 Å². The van der Waals surface area contributed by atoms with E-state index in [0.29, 0.717) is 5.69 Å². The van der Waals surface area contributed by atoms with Crippen molar-refractivity contribution in [3.05, 3.63) is 30.1 Å². The Morgan fingerprint density at radius 1 is 1.28 bits per heavy atom. The van der Waals surface area contributed by atoms with Crippen LogP contribution in [0.3, 0.4) is 0 Å². The predicted molar refractivity (Wildman–Crippen MR) is 93.9 cm³/mol. The van der Waals surface area contributed by atoms with E-state index < -0.39 is 17.3 Å². The zero-order valence-electron chi connectivity index (χ0n) is 14.1. The van der Waals surface area contributed by atoms with E-state index in [1.165, 1.54) is 36.1 Å². The number of amides is 2. The van der Waals surface area contributed by atoms with Crippen molar-refractivity contribution in [3.8, 4) is 0 Å². The predicted octanol–water partition coefficient (Wildman–Crippen LogP) is 2.35. The number of nitrogens with zero attached hydrogens (tertiary/aromatic N) is 1. The number of thioether (sulfide) groups is 1. The summed E-state index contributed by atoms with van der Waals surface area (Å²) < 4.78 is 12.8. The van der Waals surface area contributed by atoms with E-state index in [4.69, 9.17) is 5.11 Å². The minimum absolute atomic E-state index is 0.0188. The molecular formula is C17H21FN2O4S. The van der Waals surface area contributed by atoms with Crippen molar-refractivity contribution in [2.24, 2.45) is 0 Å². The largest absolute Gasteiger partial charge is 0.480 e. The van der Waals surface area contributed by atoms with Gasteiger partial charge in [-0.1, -0.05) is 0 Å². The molecule has 1 aromatic carbocycles. The molecule has 1 saturated carbocycles. The number of anilines is 1. The number of carboxylic acid groups (broad SMARTS) is 1. The lowest BCUT2D eigenvalue weighted by atomic mass is 10.2. The molecule has 2 atom stereocenters. The van der Waals surface area contributed by atoms with Crippen molar-refractivity contribution in [1.82, 2.24) is 4.90 Å². The molecule has 136 valence electrons. The van der Waals surface area contributed by atoms with Gasteiger partial charge >= 0.3 is 5.97 Å². The highest BCUT2D eigenvalue weighted by molar-refractivity contribution is 8.01. The number of hydrogen-bond donors (Lipinski definition) is 2. The van der Waals surface area contributed by atoms with E-state index in [1.54, 1.807) is 6.92 Å². The summed E-state index contributed by atoms with van der Waals surface area (Å²) >= 11 is 1.15. The Morgan fingerprint density at radius 3 is 2.40 bits per heavy atom. The molecule has 0 aromatic heterocycles. The second kappa shape index (κ2) is 8.33. The molecule has 2 amide bonds. The number of nitrogens with one attached hydrogen (secondary N) is 1. The summed E-state index contributed by atoms with van der Waals surface area (Å²) in [4.78, 5) is 37.1. The Balaban J connectivity index is 1.86. The van der Waals surface area contributed by atoms with Crippen molar-refractivity contribution in [3.63, 3.8) is 0 Å². The Labute approximate surface area is 149 Å². The number of halogens is 1. The topological polar surface area (TPSA) is 86.7 Å². The lowest BCUT2D eigenvalue weighted by Crippen LogP contribution is -2.47. The molecule has 0 aliphatic heterocycles. The molecule has 8 heteroatoms. The van der Waals surface area contributed by atoms with Gasteiger partial charge in [0.2, 0.25) is 11.8 Å². The van der Waals surface area contributed by atoms with Gasteiger partial charge in [0.25, 0.3) is 0 Å². The van der Waals surface area contributed by atoms with E-state index in [9.17, 15) is 18.8 Å². The summed E-state index contributed by atoms with van der Waals surface area (Å²) in [5.74, 6) is -1.95. The number of carbonyl (C=O) groups excluding carboxylic acids is 2.